The summed E-state index contributed by atoms with van der Waals surface area (Å²) in [6, 6.07) is 0.847. The van der Waals surface area contributed by atoms with Crippen molar-refractivity contribution in [3.05, 3.63) is 10.6 Å². The van der Waals surface area contributed by atoms with Gasteiger partial charge >= 0.3 is 0 Å². The standard InChI is InChI=1S/C15H25N3S/c1-10-5-3-6-11(9-10)18(2)15-17-14-12(16)7-4-8-13(14)19-15/h10-12H,3-9,16H2,1-2H3. The van der Waals surface area contributed by atoms with E-state index in [0.717, 1.165) is 12.3 Å². The normalized spacial score (nSPS) is 31.0. The van der Waals surface area contributed by atoms with Crippen LogP contribution in [0.25, 0.3) is 0 Å². The Bertz CT molecular complexity index is 443. The van der Waals surface area contributed by atoms with Crippen LogP contribution in [-0.2, 0) is 6.42 Å². The molecule has 2 N–H and O–H groups in total. The van der Waals surface area contributed by atoms with E-state index >= 15 is 0 Å². The van der Waals surface area contributed by atoms with E-state index in [9.17, 15) is 0 Å². The van der Waals surface area contributed by atoms with Crippen molar-refractivity contribution in [2.24, 2.45) is 11.7 Å². The van der Waals surface area contributed by atoms with Crippen molar-refractivity contribution in [1.82, 2.24) is 4.98 Å². The summed E-state index contributed by atoms with van der Waals surface area (Å²) in [7, 11) is 2.22. The number of aryl methyl sites for hydroxylation is 1. The van der Waals surface area contributed by atoms with Gasteiger partial charge < -0.3 is 10.6 Å². The summed E-state index contributed by atoms with van der Waals surface area (Å²) in [5.41, 5.74) is 7.37. The van der Waals surface area contributed by atoms with Crippen molar-refractivity contribution in [2.75, 3.05) is 11.9 Å². The van der Waals surface area contributed by atoms with Crippen LogP contribution in [0.5, 0.6) is 0 Å². The van der Waals surface area contributed by atoms with E-state index in [-0.39, 0.29) is 6.04 Å². The Hall–Kier alpha value is -0.610. The maximum atomic E-state index is 6.19. The number of thiazole rings is 1. The minimum absolute atomic E-state index is 0.174. The number of hydrogen-bond donors (Lipinski definition) is 1. The molecule has 3 rings (SSSR count). The average molecular weight is 279 g/mol. The van der Waals surface area contributed by atoms with Gasteiger partial charge in [-0.15, -0.1) is 11.3 Å². The van der Waals surface area contributed by atoms with Crippen LogP contribution in [0.1, 0.15) is 62.1 Å². The molecule has 1 aromatic heterocycles. The molecule has 3 atom stereocenters. The third-order valence-electron chi connectivity index (χ3n) is 4.74. The molecule has 0 spiro atoms. The van der Waals surface area contributed by atoms with Crippen LogP contribution >= 0.6 is 11.3 Å². The first-order chi connectivity index (χ1) is 9.15. The maximum Gasteiger partial charge on any atom is 0.185 e. The molecule has 3 unspecified atom stereocenters. The highest BCUT2D eigenvalue weighted by atomic mass is 32.1. The van der Waals surface area contributed by atoms with Gasteiger partial charge in [0.2, 0.25) is 0 Å². The predicted molar refractivity (Wildman–Crippen MR) is 81.8 cm³/mol. The Morgan fingerprint density at radius 3 is 2.84 bits per heavy atom. The molecule has 2 aliphatic rings. The fourth-order valence-corrected chi connectivity index (χ4v) is 4.71. The smallest absolute Gasteiger partial charge is 0.185 e. The van der Waals surface area contributed by atoms with Gasteiger partial charge in [0.1, 0.15) is 0 Å². The number of hydrogen-bond acceptors (Lipinski definition) is 4. The van der Waals surface area contributed by atoms with Crippen LogP contribution in [0, 0.1) is 5.92 Å². The number of nitrogens with two attached hydrogens (primary N) is 1. The van der Waals surface area contributed by atoms with Crippen LogP contribution < -0.4 is 10.6 Å². The molecule has 1 fully saturated rings. The lowest BCUT2D eigenvalue weighted by Gasteiger charge is -2.34. The van der Waals surface area contributed by atoms with Gasteiger partial charge in [-0.25, -0.2) is 4.98 Å². The average Bonchev–Trinajstić information content (AvgIpc) is 2.83. The zero-order chi connectivity index (χ0) is 13.4. The highest BCUT2D eigenvalue weighted by Crippen LogP contribution is 2.37. The van der Waals surface area contributed by atoms with Crippen molar-refractivity contribution < 1.29 is 0 Å². The van der Waals surface area contributed by atoms with Crippen molar-refractivity contribution in [3.63, 3.8) is 0 Å². The summed E-state index contributed by atoms with van der Waals surface area (Å²) in [4.78, 5) is 8.71. The van der Waals surface area contributed by atoms with Gasteiger partial charge in [-0.2, -0.15) is 0 Å². The van der Waals surface area contributed by atoms with E-state index in [4.69, 9.17) is 10.7 Å². The molecule has 0 aliphatic heterocycles. The van der Waals surface area contributed by atoms with E-state index in [1.165, 1.54) is 54.2 Å². The molecule has 1 aromatic rings. The van der Waals surface area contributed by atoms with Crippen LogP contribution in [0.2, 0.25) is 0 Å². The van der Waals surface area contributed by atoms with Crippen LogP contribution in [-0.4, -0.2) is 18.1 Å². The number of aromatic nitrogens is 1. The molecule has 106 valence electrons. The molecule has 0 amide bonds. The second-order valence-electron chi connectivity index (χ2n) is 6.34. The lowest BCUT2D eigenvalue weighted by atomic mass is 9.86. The van der Waals surface area contributed by atoms with E-state index in [2.05, 4.69) is 18.9 Å². The molecule has 3 nitrogen and oxygen atoms in total. The number of anilines is 1. The first-order valence-electron chi connectivity index (χ1n) is 7.63. The lowest BCUT2D eigenvalue weighted by molar-refractivity contribution is 0.336. The van der Waals surface area contributed by atoms with Crippen molar-refractivity contribution >= 4 is 16.5 Å². The molecule has 0 aromatic carbocycles. The minimum Gasteiger partial charge on any atom is -0.348 e. The lowest BCUT2D eigenvalue weighted by Crippen LogP contribution is -2.35. The van der Waals surface area contributed by atoms with Gasteiger partial charge in [-0.05, 0) is 38.0 Å². The molecule has 0 radical (unpaired) electrons. The number of fused-ring (bicyclic) bond motifs is 1. The summed E-state index contributed by atoms with van der Waals surface area (Å²) >= 11 is 1.88. The van der Waals surface area contributed by atoms with E-state index in [1.807, 2.05) is 11.3 Å². The topological polar surface area (TPSA) is 42.2 Å². The fraction of sp³-hybridized carbons (Fsp3) is 0.800. The Morgan fingerprint density at radius 1 is 1.26 bits per heavy atom. The molecule has 0 bridgehead atoms. The Kier molecular flexibility index (Phi) is 3.81. The molecular formula is C15H25N3S. The second kappa shape index (κ2) is 5.41. The summed E-state index contributed by atoms with van der Waals surface area (Å²) < 4.78 is 0. The quantitative estimate of drug-likeness (QED) is 0.901. The van der Waals surface area contributed by atoms with Gasteiger partial charge in [-0.3, -0.25) is 0 Å². The SMILES string of the molecule is CC1CCCC(N(C)c2nc3c(s2)CCCC3N)C1. The van der Waals surface area contributed by atoms with Gasteiger partial charge in [0, 0.05) is 24.0 Å². The Morgan fingerprint density at radius 2 is 2.11 bits per heavy atom. The van der Waals surface area contributed by atoms with Crippen LogP contribution in [0.4, 0.5) is 5.13 Å². The van der Waals surface area contributed by atoms with Crippen LogP contribution in [0.3, 0.4) is 0 Å². The van der Waals surface area contributed by atoms with Crippen LogP contribution in [0.15, 0.2) is 0 Å². The molecular weight excluding hydrogens is 254 g/mol. The van der Waals surface area contributed by atoms with Crippen molar-refractivity contribution in [1.29, 1.82) is 0 Å². The predicted octanol–water partition coefficient (Wildman–Crippen LogP) is 3.49. The highest BCUT2D eigenvalue weighted by molar-refractivity contribution is 7.15. The first kappa shape index (κ1) is 13.4. The summed E-state index contributed by atoms with van der Waals surface area (Å²) in [6.45, 7) is 2.38. The van der Waals surface area contributed by atoms with Gasteiger partial charge in [0.25, 0.3) is 0 Å². The number of rotatable bonds is 2. The van der Waals surface area contributed by atoms with Gasteiger partial charge in [-0.1, -0.05) is 19.8 Å². The monoisotopic (exact) mass is 279 g/mol. The largest absolute Gasteiger partial charge is 0.348 e. The van der Waals surface area contributed by atoms with E-state index < -0.39 is 0 Å². The van der Waals surface area contributed by atoms with Crippen molar-refractivity contribution in [3.8, 4) is 0 Å². The zero-order valence-corrected chi connectivity index (χ0v) is 12.9. The highest BCUT2D eigenvalue weighted by Gasteiger charge is 2.27. The fourth-order valence-electron chi connectivity index (χ4n) is 3.50. The molecule has 1 saturated carbocycles. The third kappa shape index (κ3) is 2.65. The maximum absolute atomic E-state index is 6.19. The third-order valence-corrected chi connectivity index (χ3v) is 5.97. The van der Waals surface area contributed by atoms with Gasteiger partial charge in [0.15, 0.2) is 5.13 Å². The molecule has 4 heteroatoms. The minimum atomic E-state index is 0.174. The second-order valence-corrected chi connectivity index (χ2v) is 7.40. The Labute approximate surface area is 120 Å². The van der Waals surface area contributed by atoms with E-state index in [1.54, 1.807) is 0 Å². The summed E-state index contributed by atoms with van der Waals surface area (Å²) in [6.07, 6.45) is 8.88. The Balaban J connectivity index is 1.78. The summed E-state index contributed by atoms with van der Waals surface area (Å²) in [5.74, 6) is 0.859. The number of nitrogens with zero attached hydrogens (tertiary/aromatic N) is 2. The first-order valence-corrected chi connectivity index (χ1v) is 8.45. The summed E-state index contributed by atoms with van der Waals surface area (Å²) in [5, 5.41) is 1.20. The molecule has 2 aliphatic carbocycles. The van der Waals surface area contributed by atoms with E-state index in [0.29, 0.717) is 6.04 Å². The molecule has 0 saturated heterocycles. The van der Waals surface area contributed by atoms with Crippen molar-refractivity contribution in [2.45, 2.75) is 64.0 Å². The zero-order valence-electron chi connectivity index (χ0n) is 12.1. The molecule has 19 heavy (non-hydrogen) atoms. The molecule has 1 heterocycles. The van der Waals surface area contributed by atoms with Gasteiger partial charge in [0.05, 0.1) is 5.69 Å².